The van der Waals surface area contributed by atoms with E-state index in [0.29, 0.717) is 0 Å². The Balaban J connectivity index is 0. The van der Waals surface area contributed by atoms with Gasteiger partial charge in [0.25, 0.3) is 0 Å². The van der Waals surface area contributed by atoms with Gasteiger partial charge in [0.05, 0.1) is 0 Å². The molecule has 4 aromatic rings. The van der Waals surface area contributed by atoms with Gasteiger partial charge >= 0.3 is 45.2 Å². The van der Waals surface area contributed by atoms with Gasteiger partial charge in [-0.15, -0.1) is 0 Å². The van der Waals surface area contributed by atoms with E-state index in [1.807, 2.05) is 8.93 Å². The van der Waals surface area contributed by atoms with Crippen molar-refractivity contribution in [2.45, 2.75) is 0 Å². The summed E-state index contributed by atoms with van der Waals surface area (Å²) in [6.07, 6.45) is 0. The van der Waals surface area contributed by atoms with Crippen molar-refractivity contribution in [1.82, 2.24) is 0 Å². The third-order valence-electron chi connectivity index (χ3n) is 4.51. The smallest absolute Gasteiger partial charge is 0 e. The van der Waals surface area contributed by atoms with Crippen LogP contribution >= 0.6 is 45.6 Å². The van der Waals surface area contributed by atoms with Gasteiger partial charge in [-0.25, -0.2) is 0 Å². The molecular weight excluding hydrogens is 688 g/mol. The van der Waals surface area contributed by atoms with Crippen molar-refractivity contribution in [2.75, 3.05) is 0 Å². The van der Waals surface area contributed by atoms with Crippen LogP contribution in [-0.4, -0.2) is 4.37 Å². The van der Waals surface area contributed by atoms with Crippen LogP contribution in [0.5, 0.6) is 0 Å². The van der Waals surface area contributed by atoms with Gasteiger partial charge in [-0.3, -0.25) is 0 Å². The topological polar surface area (TPSA) is 79.6 Å². The normalized spacial score (nSPS) is 8.37. The van der Waals surface area contributed by atoms with Gasteiger partial charge in [-0.2, -0.15) is 0 Å². The molecule has 0 heterocycles. The van der Waals surface area contributed by atoms with Gasteiger partial charge in [0.1, 0.15) is 0 Å². The molecule has 1 radical (unpaired) electrons. The summed E-state index contributed by atoms with van der Waals surface area (Å²) in [7, 11) is 0.710. The van der Waals surface area contributed by atoms with Gasteiger partial charge < -0.3 is 0 Å². The van der Waals surface area contributed by atoms with Crippen LogP contribution in [0.15, 0.2) is 121 Å². The predicted octanol–water partition coefficient (Wildman–Crippen LogP) is 6.27. The Hall–Kier alpha value is -1.96. The molecule has 0 saturated carbocycles. The first-order valence-electron chi connectivity index (χ1n) is 10.2. The van der Waals surface area contributed by atoms with E-state index in [4.69, 9.17) is 18.6 Å². The summed E-state index contributed by atoms with van der Waals surface area (Å²) < 4.78 is 31.6. The quantitative estimate of drug-likeness (QED) is 0.0765. The Morgan fingerprint density at radius 2 is 0.789 bits per heavy atom. The van der Waals surface area contributed by atoms with Gasteiger partial charge in [0.2, 0.25) is 4.37 Å². The first-order valence-corrected chi connectivity index (χ1v) is 16.2. The summed E-state index contributed by atoms with van der Waals surface area (Å²) in [6, 6.07) is 44.0. The van der Waals surface area contributed by atoms with E-state index in [9.17, 15) is 0 Å². The number of benzene rings is 4. The molecule has 0 aliphatic carbocycles. The number of hydrogen-bond acceptors (Lipinski definition) is 1. The third kappa shape index (κ3) is 11.8. The van der Waals surface area contributed by atoms with Gasteiger partial charge in [-0.05, 0) is 43.8 Å². The number of halogens is 1. The summed E-state index contributed by atoms with van der Waals surface area (Å²) in [5.41, 5.74) is 0. The van der Waals surface area contributed by atoms with Crippen LogP contribution in [0, 0.1) is 26.6 Å². The second-order valence-corrected chi connectivity index (χ2v) is 13.5. The molecule has 38 heavy (non-hydrogen) atoms. The van der Waals surface area contributed by atoms with Gasteiger partial charge in [0.15, 0.2) is 18.2 Å². The third-order valence-corrected chi connectivity index (χ3v) is 14.9. The van der Waals surface area contributed by atoms with E-state index in [1.165, 1.54) is 21.2 Å². The van der Waals surface area contributed by atoms with Crippen LogP contribution < -0.4 is 21.2 Å². The zero-order chi connectivity index (χ0) is 27.9. The Morgan fingerprint density at radius 1 is 0.526 bits per heavy atom. The minimum Gasteiger partial charge on any atom is 0 e. The number of hydrogen-bond donors (Lipinski definition) is 0. The second kappa shape index (κ2) is 25.3. The van der Waals surface area contributed by atoms with Crippen LogP contribution in [0.1, 0.15) is 0 Å². The maximum Gasteiger partial charge on any atom is 0 e. The first kappa shape index (κ1) is 38.2. The Morgan fingerprint density at radius 3 is 1.05 bits per heavy atom. The van der Waals surface area contributed by atoms with Crippen molar-refractivity contribution < 1.29 is 35.7 Å². The zero-order valence-corrected chi connectivity index (χ0v) is 25.7. The molecule has 189 valence electrons. The van der Waals surface area contributed by atoms with E-state index >= 15 is 0 Å². The summed E-state index contributed by atoms with van der Waals surface area (Å²) in [4.78, 5) is 0. The maximum absolute atomic E-state index is 7.50. The SMILES string of the molecule is ISC(P(c1ccccc1)c1ccccc1)=[P+](c1ccccc1)c1ccccc1.[C-]#[O+].[C-]#[O+].[C-]#[O+].[C-]#[O+].[Mn]. The Labute approximate surface area is 253 Å². The summed E-state index contributed by atoms with van der Waals surface area (Å²) in [5, 5.41) is 5.64. The molecule has 0 atom stereocenters. The van der Waals surface area contributed by atoms with Crippen molar-refractivity contribution in [1.29, 1.82) is 0 Å². The molecule has 4 rings (SSSR count). The van der Waals surface area contributed by atoms with Crippen LogP contribution in [0.4, 0.5) is 0 Å². The van der Waals surface area contributed by atoms with E-state index in [1.54, 1.807) is 4.37 Å². The number of rotatable bonds is 6. The standard InChI is InChI=1S/C25H20IP2S.4CO.Mn/c26-29-25(27(21-13-5-1-6-14-21)22-15-7-2-8-16-22)28(23-17-9-3-10-18-23)24-19-11-4-12-20-24;4*1-2;/h1-20H;;;;;/q+1;;;;;. The maximum atomic E-state index is 7.50. The van der Waals surface area contributed by atoms with E-state index < -0.39 is 15.5 Å². The minimum absolute atomic E-state index is 0. The fourth-order valence-electron chi connectivity index (χ4n) is 3.22. The van der Waals surface area contributed by atoms with E-state index in [0.717, 1.165) is 0 Å². The summed E-state index contributed by atoms with van der Waals surface area (Å²) >= 11 is 2.50. The molecule has 0 saturated heterocycles. The van der Waals surface area contributed by atoms with Crippen molar-refractivity contribution in [3.05, 3.63) is 148 Å². The molecular formula is C29H20IMnO4P2S+. The molecule has 4 nitrogen and oxygen atoms in total. The van der Waals surface area contributed by atoms with E-state index in [2.05, 4.69) is 169 Å². The minimum atomic E-state index is -0.600. The van der Waals surface area contributed by atoms with Crippen molar-refractivity contribution in [3.8, 4) is 0 Å². The molecule has 0 amide bonds. The predicted molar refractivity (Wildman–Crippen MR) is 160 cm³/mol. The van der Waals surface area contributed by atoms with Crippen LogP contribution in [0.3, 0.4) is 0 Å². The van der Waals surface area contributed by atoms with Crippen LogP contribution in [0.25, 0.3) is 0 Å². The molecule has 0 aliphatic rings. The molecule has 0 unspecified atom stereocenters. The molecule has 0 bridgehead atoms. The molecule has 0 fully saturated rings. The van der Waals surface area contributed by atoms with E-state index in [-0.39, 0.29) is 17.1 Å². The van der Waals surface area contributed by atoms with Crippen LogP contribution in [-0.2, 0) is 35.7 Å². The Kier molecular flexibility index (Phi) is 25.5. The first-order chi connectivity index (χ1) is 18.4. The summed E-state index contributed by atoms with van der Waals surface area (Å²) in [5.74, 6) is 0. The fourth-order valence-corrected chi connectivity index (χ4v) is 14.1. The zero-order valence-electron chi connectivity index (χ0n) is 19.7. The molecule has 4 aromatic carbocycles. The second-order valence-electron chi connectivity index (χ2n) is 6.37. The monoisotopic (exact) mass is 708 g/mol. The molecule has 0 aromatic heterocycles. The average molecular weight is 708 g/mol. The van der Waals surface area contributed by atoms with Crippen molar-refractivity contribution in [3.63, 3.8) is 0 Å². The molecule has 0 spiro atoms. The Bertz CT molecular complexity index is 1160. The fraction of sp³-hybridized carbons (Fsp3) is 0. The summed E-state index contributed by atoms with van der Waals surface area (Å²) in [6.45, 7) is 18.0. The van der Waals surface area contributed by atoms with Gasteiger partial charge in [0, 0.05) is 46.2 Å². The van der Waals surface area contributed by atoms with Crippen LogP contribution in [0.2, 0.25) is 0 Å². The van der Waals surface area contributed by atoms with Crippen molar-refractivity contribution >= 4 is 71.2 Å². The molecule has 9 heteroatoms. The molecule has 0 N–H and O–H groups in total. The largest absolute Gasteiger partial charge is 0 e. The van der Waals surface area contributed by atoms with Gasteiger partial charge in [-0.1, -0.05) is 97.1 Å². The van der Waals surface area contributed by atoms with Crippen molar-refractivity contribution in [2.24, 2.45) is 0 Å². The average Bonchev–Trinajstić information content (AvgIpc) is 3.03. The molecule has 0 aliphatic heterocycles.